The number of halogens is 1. The van der Waals surface area contributed by atoms with Crippen LogP contribution in [-0.4, -0.2) is 20.7 Å². The number of nitrogens with one attached hydrogen (secondary N) is 1. The first kappa shape index (κ1) is 15.1. The van der Waals surface area contributed by atoms with Crippen molar-refractivity contribution in [3.63, 3.8) is 0 Å². The lowest BCUT2D eigenvalue weighted by atomic mass is 10.3. The van der Waals surface area contributed by atoms with Gasteiger partial charge in [0.2, 0.25) is 0 Å². The Hall–Kier alpha value is -2.28. The van der Waals surface area contributed by atoms with Gasteiger partial charge in [-0.25, -0.2) is 0 Å². The highest BCUT2D eigenvalue weighted by Gasteiger charge is 2.05. The maximum Gasteiger partial charge on any atom is 0.304 e. The van der Waals surface area contributed by atoms with Crippen LogP contribution in [-0.2, 0) is 10.2 Å². The number of anilines is 1. The lowest BCUT2D eigenvalue weighted by Gasteiger charge is -2.04. The molecule has 0 heterocycles. The number of azo groups is 1. The van der Waals surface area contributed by atoms with E-state index >= 15 is 0 Å². The van der Waals surface area contributed by atoms with Crippen LogP contribution in [0.4, 0.5) is 20.9 Å². The Morgan fingerprint density at radius 1 is 0.905 bits per heavy atom. The van der Waals surface area contributed by atoms with Gasteiger partial charge in [0, 0.05) is 12.2 Å². The number of hydrogen-bond acceptors (Lipinski definition) is 5. The molecule has 0 radical (unpaired) electrons. The van der Waals surface area contributed by atoms with Crippen molar-refractivity contribution in [1.82, 2.24) is 0 Å². The van der Waals surface area contributed by atoms with E-state index in [1.807, 2.05) is 30.3 Å². The summed E-state index contributed by atoms with van der Waals surface area (Å²) in [5.41, 5.74) is 2.12. The molecule has 110 valence electrons. The number of rotatable bonds is 6. The van der Waals surface area contributed by atoms with Crippen molar-refractivity contribution in [3.8, 4) is 0 Å². The zero-order valence-electron chi connectivity index (χ0n) is 11.1. The van der Waals surface area contributed by atoms with Gasteiger partial charge in [0.15, 0.2) is 0 Å². The molecule has 0 aliphatic carbocycles. The molecule has 0 bridgehead atoms. The third kappa shape index (κ3) is 5.70. The average Bonchev–Trinajstić information content (AvgIpc) is 2.46. The summed E-state index contributed by atoms with van der Waals surface area (Å²) in [5, 5.41) is 11.0. The first-order chi connectivity index (χ1) is 10.0. The third-order valence-electron chi connectivity index (χ3n) is 2.58. The zero-order chi connectivity index (χ0) is 15.1. The summed E-state index contributed by atoms with van der Waals surface area (Å²) in [4.78, 5) is 0. The smallest absolute Gasteiger partial charge is 0.304 e. The molecular formula is C14H14FN3O2S. The summed E-state index contributed by atoms with van der Waals surface area (Å²) in [6, 6.07) is 16.3. The zero-order valence-corrected chi connectivity index (χ0v) is 11.9. The monoisotopic (exact) mass is 307 g/mol. The average molecular weight is 307 g/mol. The van der Waals surface area contributed by atoms with Gasteiger partial charge in [-0.1, -0.05) is 18.2 Å². The molecule has 0 saturated carbocycles. The lowest BCUT2D eigenvalue weighted by molar-refractivity contribution is 0.552. The van der Waals surface area contributed by atoms with Crippen LogP contribution < -0.4 is 5.32 Å². The van der Waals surface area contributed by atoms with Crippen molar-refractivity contribution >= 4 is 27.3 Å². The second kappa shape index (κ2) is 6.94. The molecule has 0 spiro atoms. The van der Waals surface area contributed by atoms with Crippen molar-refractivity contribution in [2.24, 2.45) is 10.2 Å². The third-order valence-corrected chi connectivity index (χ3v) is 3.27. The summed E-state index contributed by atoms with van der Waals surface area (Å²) in [5.74, 6) is -0.553. The van der Waals surface area contributed by atoms with Crippen LogP contribution in [0, 0.1) is 0 Å². The molecule has 1 N–H and O–H groups in total. The summed E-state index contributed by atoms with van der Waals surface area (Å²) in [6.07, 6.45) is 0. The van der Waals surface area contributed by atoms with Gasteiger partial charge >= 0.3 is 10.2 Å². The Kier molecular flexibility index (Phi) is 4.99. The normalized spacial score (nSPS) is 11.7. The molecule has 0 aliphatic heterocycles. The van der Waals surface area contributed by atoms with E-state index in [2.05, 4.69) is 15.5 Å². The maximum absolute atomic E-state index is 12.3. The molecule has 0 saturated heterocycles. The Bertz CT molecular complexity index is 701. The van der Waals surface area contributed by atoms with Crippen LogP contribution in [0.5, 0.6) is 0 Å². The van der Waals surface area contributed by atoms with Gasteiger partial charge < -0.3 is 5.32 Å². The molecule has 0 aliphatic rings. The van der Waals surface area contributed by atoms with E-state index in [-0.39, 0.29) is 6.54 Å². The van der Waals surface area contributed by atoms with Gasteiger partial charge in [-0.3, -0.25) is 0 Å². The highest BCUT2D eigenvalue weighted by Crippen LogP contribution is 2.19. The fourth-order valence-corrected chi connectivity index (χ4v) is 1.92. The van der Waals surface area contributed by atoms with Crippen molar-refractivity contribution in [2.45, 2.75) is 0 Å². The molecule has 2 aromatic rings. The topological polar surface area (TPSA) is 70.9 Å². The number of hydrogen-bond donors (Lipinski definition) is 1. The highest BCUT2D eigenvalue weighted by atomic mass is 32.3. The van der Waals surface area contributed by atoms with Gasteiger partial charge in [-0.15, -0.1) is 3.89 Å². The largest absolute Gasteiger partial charge is 0.384 e. The minimum Gasteiger partial charge on any atom is -0.384 e. The van der Waals surface area contributed by atoms with E-state index in [0.29, 0.717) is 11.4 Å². The van der Waals surface area contributed by atoms with Gasteiger partial charge in [0.25, 0.3) is 0 Å². The predicted molar refractivity (Wildman–Crippen MR) is 80.4 cm³/mol. The van der Waals surface area contributed by atoms with Crippen LogP contribution in [0.2, 0.25) is 0 Å². The Balaban J connectivity index is 1.91. The van der Waals surface area contributed by atoms with E-state index in [9.17, 15) is 12.3 Å². The van der Waals surface area contributed by atoms with Gasteiger partial charge in [-0.05, 0) is 36.4 Å². The molecule has 0 atom stereocenters. The summed E-state index contributed by atoms with van der Waals surface area (Å²) in [7, 11) is -4.44. The minimum atomic E-state index is -4.44. The van der Waals surface area contributed by atoms with Crippen LogP contribution >= 0.6 is 0 Å². The molecule has 0 amide bonds. The molecule has 21 heavy (non-hydrogen) atoms. The van der Waals surface area contributed by atoms with E-state index in [1.54, 1.807) is 24.3 Å². The molecule has 2 aromatic carbocycles. The fraction of sp³-hybridized carbons (Fsp3) is 0.143. The molecule has 7 heteroatoms. The maximum atomic E-state index is 12.3. The van der Waals surface area contributed by atoms with Crippen molar-refractivity contribution in [1.29, 1.82) is 0 Å². The van der Waals surface area contributed by atoms with Crippen molar-refractivity contribution in [2.75, 3.05) is 17.6 Å². The predicted octanol–water partition coefficient (Wildman–Crippen LogP) is 3.81. The molecule has 0 unspecified atom stereocenters. The molecule has 5 nitrogen and oxygen atoms in total. The standard InChI is InChI=1S/C14H14FN3O2S/c15-21(19,20)11-10-16-12-6-8-14(9-7-12)18-17-13-4-2-1-3-5-13/h1-9,16H,10-11H2. The van der Waals surface area contributed by atoms with Crippen LogP contribution in [0.1, 0.15) is 0 Å². The minimum absolute atomic E-state index is 0.0176. The summed E-state index contributed by atoms with van der Waals surface area (Å²) in [6.45, 7) is 0.0176. The van der Waals surface area contributed by atoms with E-state index in [1.165, 1.54) is 0 Å². The van der Waals surface area contributed by atoms with Crippen molar-refractivity contribution in [3.05, 3.63) is 54.6 Å². The Morgan fingerprint density at radius 2 is 1.48 bits per heavy atom. The first-order valence-corrected chi connectivity index (χ1v) is 7.81. The SMILES string of the molecule is O=S(=O)(F)CCNc1ccc(N=Nc2ccccc2)cc1. The summed E-state index contributed by atoms with van der Waals surface area (Å²) < 4.78 is 33.0. The van der Waals surface area contributed by atoms with Crippen molar-refractivity contribution < 1.29 is 12.3 Å². The molecule has 0 fully saturated rings. The summed E-state index contributed by atoms with van der Waals surface area (Å²) >= 11 is 0. The van der Waals surface area contributed by atoms with Gasteiger partial charge in [0.1, 0.15) is 0 Å². The molecule has 0 aromatic heterocycles. The van der Waals surface area contributed by atoms with E-state index in [4.69, 9.17) is 0 Å². The van der Waals surface area contributed by atoms with Crippen LogP contribution in [0.15, 0.2) is 64.8 Å². The lowest BCUT2D eigenvalue weighted by Crippen LogP contribution is -2.11. The quantitative estimate of drug-likeness (QED) is 0.651. The highest BCUT2D eigenvalue weighted by molar-refractivity contribution is 7.86. The first-order valence-electron chi connectivity index (χ1n) is 6.26. The van der Waals surface area contributed by atoms with Crippen LogP contribution in [0.3, 0.4) is 0 Å². The van der Waals surface area contributed by atoms with E-state index in [0.717, 1.165) is 5.69 Å². The number of benzene rings is 2. The Morgan fingerprint density at radius 3 is 2.05 bits per heavy atom. The Labute approximate surface area is 122 Å². The molecule has 2 rings (SSSR count). The number of nitrogens with zero attached hydrogens (tertiary/aromatic N) is 2. The van der Waals surface area contributed by atoms with Gasteiger partial charge in [0.05, 0.1) is 17.1 Å². The second-order valence-corrected chi connectivity index (χ2v) is 5.74. The van der Waals surface area contributed by atoms with Gasteiger partial charge in [-0.2, -0.15) is 18.6 Å². The van der Waals surface area contributed by atoms with E-state index < -0.39 is 16.0 Å². The fourth-order valence-electron chi connectivity index (χ4n) is 1.57. The van der Waals surface area contributed by atoms with Crippen LogP contribution in [0.25, 0.3) is 0 Å². The second-order valence-electron chi connectivity index (χ2n) is 4.25. The molecular weight excluding hydrogens is 293 g/mol.